The van der Waals surface area contributed by atoms with Crippen LogP contribution < -0.4 is 5.32 Å². The molecule has 1 aliphatic heterocycles. The largest absolute Gasteiger partial charge is 0.390 e. The van der Waals surface area contributed by atoms with Crippen LogP contribution in [0.1, 0.15) is 53.9 Å². The molecule has 0 bridgehead atoms. The molecule has 3 aliphatic rings. The lowest BCUT2D eigenvalue weighted by Crippen LogP contribution is -2.51. The molecular formula is C24H35NO4. The zero-order valence-electron chi connectivity index (χ0n) is 18.2. The smallest absolute Gasteiger partial charge is 0.235 e. The summed E-state index contributed by atoms with van der Waals surface area (Å²) in [5.41, 5.74) is 1.02. The molecule has 5 nitrogen and oxygen atoms in total. The zero-order chi connectivity index (χ0) is 21.5. The second-order valence-corrected chi connectivity index (χ2v) is 9.66. The molecule has 3 rings (SSSR count). The molecule has 1 heterocycles. The van der Waals surface area contributed by atoms with Crippen LogP contribution in [-0.4, -0.2) is 40.2 Å². The summed E-state index contributed by atoms with van der Waals surface area (Å²) >= 11 is 0. The van der Waals surface area contributed by atoms with Gasteiger partial charge < -0.3 is 15.5 Å². The van der Waals surface area contributed by atoms with E-state index < -0.39 is 17.6 Å². The standard InChI is InChI=1S/C24H35NO4/c1-13(2)10-18-22-16(5)15(4)12-17-11-14(3)6-7-19(26)20(27)8-9-21(28)24(17,22)23(29)25-18/h8-9,11-13,16-20,22,26-27H,6-7,10H2,1-5H3,(H,25,29)/b9-8-,14-11-/t16-,17+,18-,19+,20+,22+,24-/m0/s1. The summed E-state index contributed by atoms with van der Waals surface area (Å²) in [6, 6.07) is -0.0599. The van der Waals surface area contributed by atoms with E-state index in [4.69, 9.17) is 0 Å². The van der Waals surface area contributed by atoms with E-state index >= 15 is 0 Å². The van der Waals surface area contributed by atoms with Crippen molar-refractivity contribution in [3.8, 4) is 0 Å². The predicted molar refractivity (Wildman–Crippen MR) is 113 cm³/mol. The Morgan fingerprint density at radius 2 is 1.90 bits per heavy atom. The molecule has 1 amide bonds. The highest BCUT2D eigenvalue weighted by molar-refractivity contribution is 6.13. The van der Waals surface area contributed by atoms with Crippen molar-refractivity contribution in [2.24, 2.45) is 29.1 Å². The summed E-state index contributed by atoms with van der Waals surface area (Å²) in [6.45, 7) is 10.4. The first-order chi connectivity index (χ1) is 13.6. The Bertz CT molecular complexity index is 765. The lowest BCUT2D eigenvalue weighted by molar-refractivity contribution is -0.142. The number of ketones is 1. The van der Waals surface area contributed by atoms with Gasteiger partial charge in [-0.1, -0.05) is 50.1 Å². The fraction of sp³-hybridized carbons (Fsp3) is 0.667. The molecule has 1 saturated heterocycles. The maximum atomic E-state index is 13.6. The highest BCUT2D eigenvalue weighted by atomic mass is 16.3. The first kappa shape index (κ1) is 22.0. The Morgan fingerprint density at radius 1 is 1.21 bits per heavy atom. The fourth-order valence-corrected chi connectivity index (χ4v) is 5.53. The summed E-state index contributed by atoms with van der Waals surface area (Å²) in [6.07, 6.45) is 6.60. The SMILES string of the molecule is CC1=C[C@H]2/C=C(/C)CC[C@@H](O)[C@H](O)/C=C\C(=O)[C@@]23C(=O)N[C@@H](CC(C)C)[C@H]3[C@H]1C. The number of aliphatic hydroxyl groups excluding tert-OH is 2. The van der Waals surface area contributed by atoms with Crippen LogP contribution in [0.25, 0.3) is 0 Å². The van der Waals surface area contributed by atoms with Gasteiger partial charge in [-0.15, -0.1) is 0 Å². The second kappa shape index (κ2) is 8.19. The van der Waals surface area contributed by atoms with Crippen LogP contribution >= 0.6 is 0 Å². The molecule has 0 radical (unpaired) electrons. The van der Waals surface area contributed by atoms with E-state index in [1.165, 1.54) is 17.7 Å². The molecule has 160 valence electrons. The highest BCUT2D eigenvalue weighted by Gasteiger charge is 2.64. The lowest BCUT2D eigenvalue weighted by atomic mass is 9.55. The van der Waals surface area contributed by atoms with Gasteiger partial charge in [0.1, 0.15) is 5.41 Å². The number of carbonyl (C=O) groups excluding carboxylic acids is 2. The molecule has 29 heavy (non-hydrogen) atoms. The van der Waals surface area contributed by atoms with Gasteiger partial charge >= 0.3 is 0 Å². The number of aliphatic hydroxyl groups is 2. The van der Waals surface area contributed by atoms with Gasteiger partial charge in [-0.2, -0.15) is 0 Å². The molecule has 0 aromatic carbocycles. The van der Waals surface area contributed by atoms with Crippen LogP contribution in [0.4, 0.5) is 0 Å². The van der Waals surface area contributed by atoms with E-state index in [1.54, 1.807) is 0 Å². The van der Waals surface area contributed by atoms with Crippen molar-refractivity contribution in [1.29, 1.82) is 0 Å². The normalized spacial score (nSPS) is 43.4. The molecule has 0 aromatic heterocycles. The van der Waals surface area contributed by atoms with Gasteiger partial charge in [0.05, 0.1) is 12.2 Å². The number of rotatable bonds is 2. The zero-order valence-corrected chi connectivity index (χ0v) is 18.2. The summed E-state index contributed by atoms with van der Waals surface area (Å²) in [5.74, 6) is -0.455. The number of nitrogens with one attached hydrogen (secondary N) is 1. The molecular weight excluding hydrogens is 366 g/mol. The Labute approximate surface area is 174 Å². The minimum Gasteiger partial charge on any atom is -0.390 e. The minimum atomic E-state index is -1.20. The Balaban J connectivity index is 2.20. The van der Waals surface area contributed by atoms with Gasteiger partial charge in [0.2, 0.25) is 5.91 Å². The maximum Gasteiger partial charge on any atom is 0.235 e. The first-order valence-electron chi connectivity index (χ1n) is 10.8. The Morgan fingerprint density at radius 3 is 2.55 bits per heavy atom. The molecule has 0 aromatic rings. The number of hydrogen-bond acceptors (Lipinski definition) is 4. The number of amides is 1. The van der Waals surface area contributed by atoms with Crippen molar-refractivity contribution in [3.63, 3.8) is 0 Å². The summed E-state index contributed by atoms with van der Waals surface area (Å²) in [4.78, 5) is 27.1. The average molecular weight is 402 g/mol. The Hall–Kier alpha value is -1.72. The lowest BCUT2D eigenvalue weighted by Gasteiger charge is -2.44. The van der Waals surface area contributed by atoms with Crippen molar-refractivity contribution in [2.75, 3.05) is 0 Å². The van der Waals surface area contributed by atoms with Gasteiger partial charge in [0, 0.05) is 17.9 Å². The predicted octanol–water partition coefficient (Wildman–Crippen LogP) is 2.93. The molecule has 0 saturated carbocycles. The van der Waals surface area contributed by atoms with Crippen LogP contribution in [0.2, 0.25) is 0 Å². The van der Waals surface area contributed by atoms with E-state index in [2.05, 4.69) is 39.1 Å². The van der Waals surface area contributed by atoms with Gasteiger partial charge in [-0.3, -0.25) is 9.59 Å². The van der Waals surface area contributed by atoms with Crippen LogP contribution in [0.5, 0.6) is 0 Å². The molecule has 5 heteroatoms. The summed E-state index contributed by atoms with van der Waals surface area (Å²) < 4.78 is 0. The number of allylic oxidation sites excluding steroid dienone is 5. The van der Waals surface area contributed by atoms with E-state index in [-0.39, 0.29) is 35.5 Å². The molecule has 7 atom stereocenters. The fourth-order valence-electron chi connectivity index (χ4n) is 5.53. The third-order valence-corrected chi connectivity index (χ3v) is 7.15. The van der Waals surface area contributed by atoms with E-state index in [0.717, 1.165) is 12.0 Å². The second-order valence-electron chi connectivity index (χ2n) is 9.66. The molecule has 1 spiro atoms. The van der Waals surface area contributed by atoms with Gasteiger partial charge in [-0.05, 0) is 51.0 Å². The number of hydrogen-bond donors (Lipinski definition) is 3. The van der Waals surface area contributed by atoms with Crippen molar-refractivity contribution in [3.05, 3.63) is 35.5 Å². The van der Waals surface area contributed by atoms with E-state index in [0.29, 0.717) is 18.8 Å². The Kier molecular flexibility index (Phi) is 6.21. The van der Waals surface area contributed by atoms with Crippen LogP contribution in [0, 0.1) is 29.1 Å². The summed E-state index contributed by atoms with van der Waals surface area (Å²) in [7, 11) is 0. The first-order valence-corrected chi connectivity index (χ1v) is 10.8. The third-order valence-electron chi connectivity index (χ3n) is 7.15. The van der Waals surface area contributed by atoms with Gasteiger partial charge in [-0.25, -0.2) is 0 Å². The maximum absolute atomic E-state index is 13.6. The third kappa shape index (κ3) is 3.75. The van der Waals surface area contributed by atoms with E-state index in [9.17, 15) is 19.8 Å². The van der Waals surface area contributed by atoms with Crippen LogP contribution in [0.15, 0.2) is 35.5 Å². The molecule has 1 fully saturated rings. The minimum absolute atomic E-state index is 0.0599. The molecule has 2 aliphatic carbocycles. The van der Waals surface area contributed by atoms with Crippen LogP contribution in [-0.2, 0) is 9.59 Å². The van der Waals surface area contributed by atoms with Crippen molar-refractivity contribution in [1.82, 2.24) is 5.32 Å². The monoisotopic (exact) mass is 401 g/mol. The van der Waals surface area contributed by atoms with Crippen LogP contribution in [0.3, 0.4) is 0 Å². The molecule has 3 N–H and O–H groups in total. The highest BCUT2D eigenvalue weighted by Crippen LogP contribution is 2.55. The quantitative estimate of drug-likeness (QED) is 0.490. The topological polar surface area (TPSA) is 86.6 Å². The van der Waals surface area contributed by atoms with Gasteiger partial charge in [0.25, 0.3) is 0 Å². The van der Waals surface area contributed by atoms with Crippen molar-refractivity contribution >= 4 is 11.7 Å². The van der Waals surface area contributed by atoms with Gasteiger partial charge in [0.15, 0.2) is 5.78 Å². The number of carbonyl (C=O) groups is 2. The van der Waals surface area contributed by atoms with Crippen molar-refractivity contribution in [2.45, 2.75) is 72.1 Å². The molecule has 0 unspecified atom stereocenters. The average Bonchev–Trinajstić information content (AvgIpc) is 2.93. The van der Waals surface area contributed by atoms with E-state index in [1.807, 2.05) is 13.0 Å². The van der Waals surface area contributed by atoms with Crippen molar-refractivity contribution < 1.29 is 19.8 Å². The summed E-state index contributed by atoms with van der Waals surface area (Å²) in [5, 5.41) is 23.6.